The molecule has 102 valence electrons. The van der Waals surface area contributed by atoms with E-state index in [2.05, 4.69) is 5.32 Å². The van der Waals surface area contributed by atoms with Gasteiger partial charge in [-0.15, -0.1) is 11.6 Å². The Morgan fingerprint density at radius 1 is 1.20 bits per heavy atom. The Labute approximate surface area is 121 Å². The topological polar surface area (TPSA) is 29.1 Å². The number of anilines is 1. The number of halogens is 2. The lowest BCUT2D eigenvalue weighted by Gasteiger charge is -2.11. The highest BCUT2D eigenvalue weighted by Crippen LogP contribution is 2.31. The number of alkyl halides is 1. The molecule has 2 aromatic rings. The molecule has 20 heavy (non-hydrogen) atoms. The van der Waals surface area contributed by atoms with Gasteiger partial charge in [0.1, 0.15) is 5.82 Å². The van der Waals surface area contributed by atoms with Gasteiger partial charge in [-0.1, -0.05) is 24.3 Å². The summed E-state index contributed by atoms with van der Waals surface area (Å²) in [4.78, 5) is 11.3. The molecule has 0 fully saturated rings. The maximum absolute atomic E-state index is 12.9. The van der Waals surface area contributed by atoms with Crippen LogP contribution in [0.5, 0.6) is 0 Å². The van der Waals surface area contributed by atoms with E-state index in [1.54, 1.807) is 12.1 Å². The van der Waals surface area contributed by atoms with Gasteiger partial charge in [0.15, 0.2) is 0 Å². The summed E-state index contributed by atoms with van der Waals surface area (Å²) in [6, 6.07) is 12.1. The quantitative estimate of drug-likeness (QED) is 0.855. The summed E-state index contributed by atoms with van der Waals surface area (Å²) in [5, 5.41) is 2.60. The molecule has 0 spiro atoms. The number of carbonyl (C=O) groups excluding carboxylic acids is 1. The van der Waals surface area contributed by atoms with Gasteiger partial charge < -0.3 is 5.32 Å². The van der Waals surface area contributed by atoms with E-state index < -0.39 is 0 Å². The molecule has 1 aliphatic heterocycles. The van der Waals surface area contributed by atoms with Crippen molar-refractivity contribution < 1.29 is 9.18 Å². The number of rotatable bonds is 3. The van der Waals surface area contributed by atoms with Gasteiger partial charge in [-0.3, -0.25) is 4.79 Å². The first-order valence-corrected chi connectivity index (χ1v) is 6.86. The molecule has 0 aliphatic carbocycles. The Hall–Kier alpha value is -1.87. The lowest BCUT2D eigenvalue weighted by Crippen LogP contribution is -2.03. The van der Waals surface area contributed by atoms with Crippen molar-refractivity contribution in [3.63, 3.8) is 0 Å². The van der Waals surface area contributed by atoms with E-state index in [-0.39, 0.29) is 17.1 Å². The Morgan fingerprint density at radius 3 is 2.70 bits per heavy atom. The van der Waals surface area contributed by atoms with E-state index in [1.807, 2.05) is 18.2 Å². The third kappa shape index (κ3) is 2.68. The molecule has 1 unspecified atom stereocenters. The summed E-state index contributed by atoms with van der Waals surface area (Å²) in [6.45, 7) is 0. The molecular formula is C16H13ClFNO. The second-order valence-corrected chi connectivity index (χ2v) is 5.47. The first kappa shape index (κ1) is 13.1. The van der Waals surface area contributed by atoms with Gasteiger partial charge in [0.2, 0.25) is 5.91 Å². The van der Waals surface area contributed by atoms with Crippen molar-refractivity contribution in [2.75, 3.05) is 5.32 Å². The Kier molecular flexibility index (Phi) is 3.45. The van der Waals surface area contributed by atoms with Crippen LogP contribution in [0.1, 0.15) is 22.1 Å². The molecule has 0 saturated carbocycles. The molecule has 1 aliphatic rings. The van der Waals surface area contributed by atoms with Crippen molar-refractivity contribution in [2.24, 2.45) is 0 Å². The molecule has 1 N–H and O–H groups in total. The maximum Gasteiger partial charge on any atom is 0.228 e. The van der Waals surface area contributed by atoms with Crippen LogP contribution in [-0.2, 0) is 17.6 Å². The molecule has 0 saturated heterocycles. The van der Waals surface area contributed by atoms with Crippen LogP contribution in [0.15, 0.2) is 42.5 Å². The minimum Gasteiger partial charge on any atom is -0.326 e. The highest BCUT2D eigenvalue weighted by molar-refractivity contribution is 6.21. The summed E-state index contributed by atoms with van der Waals surface area (Å²) in [5.74, 6) is -0.233. The first-order chi connectivity index (χ1) is 9.61. The predicted octanol–water partition coefficient (Wildman–Crippen LogP) is 3.84. The standard InChI is InChI=1S/C16H13ClFNO/c17-14(7-10-1-4-13(18)5-2-10)11-3-6-15-12(8-11)9-16(20)19-15/h1-6,8,14H,7,9H2,(H,19,20). The van der Waals surface area contributed by atoms with Crippen LogP contribution in [-0.4, -0.2) is 5.91 Å². The number of fused-ring (bicyclic) bond motifs is 1. The minimum absolute atomic E-state index is 0.0156. The Balaban J connectivity index is 1.77. The number of benzene rings is 2. The van der Waals surface area contributed by atoms with E-state index >= 15 is 0 Å². The molecule has 0 radical (unpaired) electrons. The van der Waals surface area contributed by atoms with Gasteiger partial charge in [-0.25, -0.2) is 4.39 Å². The zero-order valence-electron chi connectivity index (χ0n) is 10.7. The van der Waals surface area contributed by atoms with E-state index in [1.165, 1.54) is 12.1 Å². The summed E-state index contributed by atoms with van der Waals surface area (Å²) >= 11 is 6.42. The lowest BCUT2D eigenvalue weighted by molar-refractivity contribution is -0.115. The molecule has 3 rings (SSSR count). The van der Waals surface area contributed by atoms with Crippen LogP contribution < -0.4 is 5.32 Å². The average molecular weight is 290 g/mol. The number of nitrogens with one attached hydrogen (secondary N) is 1. The molecule has 1 atom stereocenters. The van der Waals surface area contributed by atoms with E-state index in [4.69, 9.17) is 11.6 Å². The average Bonchev–Trinajstić information content (AvgIpc) is 2.80. The van der Waals surface area contributed by atoms with Crippen LogP contribution in [0.25, 0.3) is 0 Å². The van der Waals surface area contributed by atoms with Crippen molar-refractivity contribution in [1.82, 2.24) is 0 Å². The Morgan fingerprint density at radius 2 is 1.95 bits per heavy atom. The molecular weight excluding hydrogens is 277 g/mol. The summed E-state index contributed by atoms with van der Waals surface area (Å²) < 4.78 is 12.9. The number of hydrogen-bond donors (Lipinski definition) is 1. The second kappa shape index (κ2) is 5.25. The van der Waals surface area contributed by atoms with E-state index in [0.29, 0.717) is 12.8 Å². The van der Waals surface area contributed by atoms with Crippen molar-refractivity contribution in [1.29, 1.82) is 0 Å². The molecule has 1 heterocycles. The second-order valence-electron chi connectivity index (χ2n) is 4.94. The molecule has 0 aromatic heterocycles. The highest BCUT2D eigenvalue weighted by atomic mass is 35.5. The summed E-state index contributed by atoms with van der Waals surface area (Å²) in [7, 11) is 0. The number of hydrogen-bond acceptors (Lipinski definition) is 1. The van der Waals surface area contributed by atoms with Crippen molar-refractivity contribution in [3.05, 3.63) is 65.0 Å². The Bertz CT molecular complexity index is 654. The van der Waals surface area contributed by atoms with Crippen molar-refractivity contribution in [2.45, 2.75) is 18.2 Å². The van der Waals surface area contributed by atoms with Crippen molar-refractivity contribution in [3.8, 4) is 0 Å². The van der Waals surface area contributed by atoms with Crippen LogP contribution in [0, 0.1) is 5.82 Å². The summed E-state index contributed by atoms with van der Waals surface area (Å²) in [5.41, 5.74) is 3.81. The van der Waals surface area contributed by atoms with E-state index in [0.717, 1.165) is 22.4 Å². The minimum atomic E-state index is -0.248. The predicted molar refractivity (Wildman–Crippen MR) is 77.5 cm³/mol. The smallest absolute Gasteiger partial charge is 0.228 e. The number of amides is 1. The molecule has 2 aromatic carbocycles. The van der Waals surface area contributed by atoms with Crippen molar-refractivity contribution >= 4 is 23.2 Å². The fourth-order valence-electron chi connectivity index (χ4n) is 2.39. The van der Waals surface area contributed by atoms with Gasteiger partial charge in [0, 0.05) is 5.69 Å². The monoisotopic (exact) mass is 289 g/mol. The SMILES string of the molecule is O=C1Cc2cc(C(Cl)Cc3ccc(F)cc3)ccc2N1. The number of carbonyl (C=O) groups is 1. The van der Waals surface area contributed by atoms with Gasteiger partial charge >= 0.3 is 0 Å². The highest BCUT2D eigenvalue weighted by Gasteiger charge is 2.19. The lowest BCUT2D eigenvalue weighted by atomic mass is 10.0. The molecule has 0 bridgehead atoms. The van der Waals surface area contributed by atoms with Gasteiger partial charge in [-0.05, 0) is 41.3 Å². The zero-order valence-corrected chi connectivity index (χ0v) is 11.5. The van der Waals surface area contributed by atoms with Gasteiger partial charge in [0.25, 0.3) is 0 Å². The van der Waals surface area contributed by atoms with Crippen LogP contribution >= 0.6 is 11.6 Å². The fraction of sp³-hybridized carbons (Fsp3) is 0.188. The van der Waals surface area contributed by atoms with E-state index in [9.17, 15) is 9.18 Å². The largest absolute Gasteiger partial charge is 0.326 e. The fourth-order valence-corrected chi connectivity index (χ4v) is 2.70. The van der Waals surface area contributed by atoms with Crippen LogP contribution in [0.3, 0.4) is 0 Å². The summed E-state index contributed by atoms with van der Waals surface area (Å²) in [6.07, 6.45) is 1.03. The molecule has 1 amide bonds. The normalized spacial score (nSPS) is 14.8. The van der Waals surface area contributed by atoms with Gasteiger partial charge in [0.05, 0.1) is 11.8 Å². The van der Waals surface area contributed by atoms with Crippen LogP contribution in [0.2, 0.25) is 0 Å². The maximum atomic E-state index is 12.9. The van der Waals surface area contributed by atoms with Gasteiger partial charge in [-0.2, -0.15) is 0 Å². The first-order valence-electron chi connectivity index (χ1n) is 6.43. The third-order valence-corrected chi connectivity index (χ3v) is 3.85. The third-order valence-electron chi connectivity index (χ3n) is 3.44. The molecule has 2 nitrogen and oxygen atoms in total. The molecule has 4 heteroatoms. The zero-order chi connectivity index (χ0) is 14.1. The van der Waals surface area contributed by atoms with Crippen LogP contribution in [0.4, 0.5) is 10.1 Å².